The highest BCUT2D eigenvalue weighted by atomic mass is 16.4. The summed E-state index contributed by atoms with van der Waals surface area (Å²) in [6, 6.07) is 8.52. The Kier molecular flexibility index (Phi) is 5.71. The van der Waals surface area contributed by atoms with Crippen LogP contribution in [0, 0.1) is 6.92 Å². The van der Waals surface area contributed by atoms with Crippen LogP contribution in [0.25, 0.3) is 0 Å². The van der Waals surface area contributed by atoms with Gasteiger partial charge in [0.15, 0.2) is 0 Å². The van der Waals surface area contributed by atoms with E-state index in [2.05, 4.69) is 29.9 Å². The van der Waals surface area contributed by atoms with Gasteiger partial charge in [0.1, 0.15) is 11.3 Å². The zero-order chi connectivity index (χ0) is 16.8. The molecular formula is C18H22N2O3. The summed E-state index contributed by atoms with van der Waals surface area (Å²) < 4.78 is 0. The highest BCUT2D eigenvalue weighted by Crippen LogP contribution is 2.31. The number of aryl methyl sites for hydroxylation is 1. The van der Waals surface area contributed by atoms with E-state index in [0.29, 0.717) is 6.04 Å². The van der Waals surface area contributed by atoms with Crippen LogP contribution < -0.4 is 0 Å². The monoisotopic (exact) mass is 314 g/mol. The van der Waals surface area contributed by atoms with Crippen LogP contribution in [0.5, 0.6) is 5.75 Å². The highest BCUT2D eigenvalue weighted by molar-refractivity contribution is 5.90. The average Bonchev–Trinajstić information content (AvgIpc) is 2.94. The smallest absolute Gasteiger partial charge is 0.339 e. The molecule has 2 heterocycles. The maximum atomic E-state index is 10.3. The number of para-hydroxylation sites is 1. The fraction of sp³-hybridized carbons (Fsp3) is 0.333. The first-order chi connectivity index (χ1) is 11.0. The molecule has 2 aromatic rings. The van der Waals surface area contributed by atoms with Crippen molar-refractivity contribution in [2.45, 2.75) is 25.8 Å². The molecule has 1 aromatic heterocycles. The molecule has 2 N–H and O–H groups in total. The third kappa shape index (κ3) is 4.29. The molecule has 1 aromatic carbocycles. The topological polar surface area (TPSA) is 73.7 Å². The first kappa shape index (κ1) is 17.0. The number of aromatic carboxylic acids is 1. The Balaban J connectivity index is 0.000000174. The lowest BCUT2D eigenvalue weighted by atomic mass is 10.0. The second kappa shape index (κ2) is 7.74. The molecule has 0 bridgehead atoms. The summed E-state index contributed by atoms with van der Waals surface area (Å²) in [6.07, 6.45) is 6.48. The van der Waals surface area contributed by atoms with Crippen LogP contribution in [-0.2, 0) is 0 Å². The van der Waals surface area contributed by atoms with Crippen molar-refractivity contribution in [2.24, 2.45) is 0 Å². The zero-order valence-electron chi connectivity index (χ0n) is 13.4. The molecule has 1 aliphatic rings. The molecular weight excluding hydrogens is 292 g/mol. The van der Waals surface area contributed by atoms with Crippen LogP contribution in [0.1, 0.15) is 40.4 Å². The zero-order valence-corrected chi connectivity index (χ0v) is 13.4. The fourth-order valence-electron chi connectivity index (χ4n) is 2.78. The number of pyridine rings is 1. The second-order valence-corrected chi connectivity index (χ2v) is 5.69. The van der Waals surface area contributed by atoms with Crippen molar-refractivity contribution in [3.63, 3.8) is 0 Å². The van der Waals surface area contributed by atoms with Gasteiger partial charge in [-0.1, -0.05) is 12.1 Å². The molecule has 0 spiro atoms. The van der Waals surface area contributed by atoms with E-state index >= 15 is 0 Å². The van der Waals surface area contributed by atoms with E-state index in [9.17, 15) is 4.79 Å². The molecule has 0 unspecified atom stereocenters. The number of hydrogen-bond acceptors (Lipinski definition) is 4. The molecule has 5 nitrogen and oxygen atoms in total. The van der Waals surface area contributed by atoms with E-state index in [4.69, 9.17) is 10.2 Å². The van der Waals surface area contributed by atoms with Crippen LogP contribution in [0.4, 0.5) is 0 Å². The minimum Gasteiger partial charge on any atom is -0.507 e. The van der Waals surface area contributed by atoms with Crippen molar-refractivity contribution in [3.05, 3.63) is 59.4 Å². The van der Waals surface area contributed by atoms with E-state index < -0.39 is 5.97 Å². The average molecular weight is 314 g/mol. The quantitative estimate of drug-likeness (QED) is 0.890. The summed E-state index contributed by atoms with van der Waals surface area (Å²) >= 11 is 0. The van der Waals surface area contributed by atoms with Crippen LogP contribution in [0.3, 0.4) is 0 Å². The molecule has 1 saturated heterocycles. The van der Waals surface area contributed by atoms with Gasteiger partial charge < -0.3 is 10.2 Å². The summed E-state index contributed by atoms with van der Waals surface area (Å²) in [5.41, 5.74) is 2.71. The molecule has 0 amide bonds. The van der Waals surface area contributed by atoms with Crippen LogP contribution in [0.15, 0.2) is 42.7 Å². The predicted molar refractivity (Wildman–Crippen MR) is 88.6 cm³/mol. The van der Waals surface area contributed by atoms with Crippen LogP contribution >= 0.6 is 0 Å². The standard InChI is InChI=1S/C11H16N2.C7H6O3/c1-9-5-6-12-8-10(9)11-4-3-7-13(11)2;8-6-4-2-1-3-5(6)7(9)10/h5-6,8,11H,3-4,7H2,1-2H3;1-4,8H,(H,9,10)/t11-;/m0./s1. The molecule has 1 aliphatic heterocycles. The SMILES string of the molecule is Cc1ccncc1[C@@H]1CCCN1C.O=C(O)c1ccccc1O. The van der Waals surface area contributed by atoms with Crippen LogP contribution in [-0.4, -0.2) is 39.7 Å². The summed E-state index contributed by atoms with van der Waals surface area (Å²) in [7, 11) is 2.20. The number of aromatic hydroxyl groups is 1. The van der Waals surface area contributed by atoms with Gasteiger partial charge in [-0.05, 0) is 62.7 Å². The number of carboxylic acid groups (broad SMARTS) is 1. The summed E-state index contributed by atoms with van der Waals surface area (Å²) in [4.78, 5) is 16.9. The van der Waals surface area contributed by atoms with Crippen molar-refractivity contribution < 1.29 is 15.0 Å². The Hall–Kier alpha value is -2.40. The Morgan fingerprint density at radius 3 is 2.57 bits per heavy atom. The number of nitrogens with zero attached hydrogens (tertiary/aromatic N) is 2. The minimum atomic E-state index is -1.11. The van der Waals surface area contributed by atoms with E-state index in [-0.39, 0.29) is 11.3 Å². The predicted octanol–water partition coefficient (Wildman–Crippen LogP) is 3.25. The van der Waals surface area contributed by atoms with E-state index in [1.54, 1.807) is 12.1 Å². The Bertz CT molecular complexity index is 673. The van der Waals surface area contributed by atoms with Gasteiger partial charge in [0.25, 0.3) is 0 Å². The molecule has 1 atom stereocenters. The van der Waals surface area contributed by atoms with Crippen molar-refractivity contribution in [1.29, 1.82) is 0 Å². The number of benzene rings is 1. The van der Waals surface area contributed by atoms with Gasteiger partial charge in [-0.25, -0.2) is 4.79 Å². The van der Waals surface area contributed by atoms with Gasteiger partial charge in [-0.15, -0.1) is 0 Å². The van der Waals surface area contributed by atoms with Gasteiger partial charge in [-0.2, -0.15) is 0 Å². The summed E-state index contributed by atoms with van der Waals surface area (Å²) in [6.45, 7) is 3.39. The maximum absolute atomic E-state index is 10.3. The number of phenols is 1. The lowest BCUT2D eigenvalue weighted by Crippen LogP contribution is -2.18. The molecule has 1 fully saturated rings. The lowest BCUT2D eigenvalue weighted by Gasteiger charge is -2.20. The summed E-state index contributed by atoms with van der Waals surface area (Å²) in [5, 5.41) is 17.3. The highest BCUT2D eigenvalue weighted by Gasteiger charge is 2.23. The van der Waals surface area contributed by atoms with Crippen molar-refractivity contribution in [2.75, 3.05) is 13.6 Å². The largest absolute Gasteiger partial charge is 0.507 e. The number of likely N-dealkylation sites (tertiary alicyclic amines) is 1. The fourth-order valence-corrected chi connectivity index (χ4v) is 2.78. The molecule has 23 heavy (non-hydrogen) atoms. The van der Waals surface area contributed by atoms with Crippen LogP contribution in [0.2, 0.25) is 0 Å². The molecule has 3 rings (SSSR count). The van der Waals surface area contributed by atoms with Crippen molar-refractivity contribution >= 4 is 5.97 Å². The van der Waals surface area contributed by atoms with E-state index in [1.807, 2.05) is 12.4 Å². The molecule has 0 aliphatic carbocycles. The lowest BCUT2D eigenvalue weighted by molar-refractivity contribution is 0.0693. The van der Waals surface area contributed by atoms with Crippen molar-refractivity contribution in [3.8, 4) is 5.75 Å². The molecule has 5 heteroatoms. The second-order valence-electron chi connectivity index (χ2n) is 5.69. The van der Waals surface area contributed by atoms with Crippen molar-refractivity contribution in [1.82, 2.24) is 9.88 Å². The minimum absolute atomic E-state index is 0.0671. The van der Waals surface area contributed by atoms with E-state index in [1.165, 1.54) is 42.6 Å². The Labute approximate surface area is 136 Å². The normalized spacial score (nSPS) is 17.4. The number of aromatic nitrogens is 1. The van der Waals surface area contributed by atoms with Gasteiger partial charge >= 0.3 is 5.97 Å². The first-order valence-electron chi connectivity index (χ1n) is 7.62. The Morgan fingerprint density at radius 2 is 2.04 bits per heavy atom. The number of carbonyl (C=O) groups is 1. The number of rotatable bonds is 2. The molecule has 0 radical (unpaired) electrons. The molecule has 122 valence electrons. The third-order valence-corrected chi connectivity index (χ3v) is 4.09. The van der Waals surface area contributed by atoms with Gasteiger partial charge in [0.05, 0.1) is 0 Å². The number of hydrogen-bond donors (Lipinski definition) is 2. The first-order valence-corrected chi connectivity index (χ1v) is 7.62. The van der Waals surface area contributed by atoms with Gasteiger partial charge in [-0.3, -0.25) is 9.88 Å². The summed E-state index contributed by atoms with van der Waals surface area (Å²) in [5.74, 6) is -1.31. The third-order valence-electron chi connectivity index (χ3n) is 4.09. The number of carboxylic acids is 1. The van der Waals surface area contributed by atoms with E-state index in [0.717, 1.165) is 0 Å². The molecule has 0 saturated carbocycles. The maximum Gasteiger partial charge on any atom is 0.339 e. The Morgan fingerprint density at radius 1 is 1.30 bits per heavy atom. The van der Waals surface area contributed by atoms with Gasteiger partial charge in [0.2, 0.25) is 0 Å². The van der Waals surface area contributed by atoms with Gasteiger partial charge in [0, 0.05) is 18.4 Å².